The summed E-state index contributed by atoms with van der Waals surface area (Å²) >= 11 is 3.63. The van der Waals surface area contributed by atoms with Gasteiger partial charge in [0.1, 0.15) is 0 Å². The van der Waals surface area contributed by atoms with Crippen LogP contribution in [0.5, 0.6) is 0 Å². The number of carbonyl (C=O) groups is 1. The fourth-order valence-corrected chi connectivity index (χ4v) is 3.40. The van der Waals surface area contributed by atoms with Crippen LogP contribution in [0.2, 0.25) is 0 Å². The Labute approximate surface area is 188 Å². The van der Waals surface area contributed by atoms with Crippen LogP contribution in [0.25, 0.3) is 0 Å². The molecular weight excluding hydrogens is 521 g/mol. The van der Waals surface area contributed by atoms with E-state index in [2.05, 4.69) is 66.9 Å². The van der Waals surface area contributed by atoms with Crippen molar-refractivity contribution in [3.8, 4) is 0 Å². The molecule has 1 aromatic carbocycles. The maximum Gasteiger partial charge on any atom is 0.222 e. The zero-order chi connectivity index (χ0) is 18.9. The van der Waals surface area contributed by atoms with Crippen molar-refractivity contribution in [1.82, 2.24) is 16.0 Å². The summed E-state index contributed by atoms with van der Waals surface area (Å²) in [5.41, 5.74) is 1.23. The minimum atomic E-state index is 0. The van der Waals surface area contributed by atoms with Crippen LogP contribution in [0.15, 0.2) is 33.7 Å². The minimum Gasteiger partial charge on any atom is -0.368 e. The van der Waals surface area contributed by atoms with Gasteiger partial charge in [0.05, 0.1) is 12.2 Å². The molecule has 0 aliphatic carbocycles. The standard InChI is InChI=1S/C19H30BrN5O.HI/c1-4-21-19(23-11-10-22-18(26)14(2)3)24-15-9-12-25(13-15)17-8-6-5-7-16(17)20;/h5-8,14-15H,4,9-13H2,1-3H3,(H,22,26)(H2,21,23,24);1H. The lowest BCUT2D eigenvalue weighted by atomic mass is 10.2. The molecule has 0 radical (unpaired) electrons. The molecule has 1 fully saturated rings. The zero-order valence-corrected chi connectivity index (χ0v) is 20.2. The number of carbonyl (C=O) groups excluding carboxylic acids is 1. The Morgan fingerprint density at radius 1 is 1.33 bits per heavy atom. The predicted molar refractivity (Wildman–Crippen MR) is 127 cm³/mol. The van der Waals surface area contributed by atoms with Crippen LogP contribution in [-0.4, -0.2) is 50.6 Å². The van der Waals surface area contributed by atoms with Crippen molar-refractivity contribution in [2.75, 3.05) is 37.6 Å². The van der Waals surface area contributed by atoms with Crippen LogP contribution < -0.4 is 20.9 Å². The van der Waals surface area contributed by atoms with Gasteiger partial charge in [-0.2, -0.15) is 0 Å². The Morgan fingerprint density at radius 2 is 2.07 bits per heavy atom. The van der Waals surface area contributed by atoms with Crippen molar-refractivity contribution in [2.45, 2.75) is 33.2 Å². The van der Waals surface area contributed by atoms with Gasteiger partial charge in [0.2, 0.25) is 5.91 Å². The number of guanidine groups is 1. The van der Waals surface area contributed by atoms with E-state index in [9.17, 15) is 4.79 Å². The first-order valence-electron chi connectivity index (χ1n) is 9.33. The van der Waals surface area contributed by atoms with Gasteiger partial charge in [-0.05, 0) is 41.4 Å². The molecule has 1 atom stereocenters. The quantitative estimate of drug-likeness (QED) is 0.211. The summed E-state index contributed by atoms with van der Waals surface area (Å²) in [4.78, 5) is 18.5. The van der Waals surface area contributed by atoms with Crippen LogP contribution in [0.1, 0.15) is 27.2 Å². The van der Waals surface area contributed by atoms with Gasteiger partial charge in [-0.3, -0.25) is 9.79 Å². The highest BCUT2D eigenvalue weighted by Gasteiger charge is 2.24. The van der Waals surface area contributed by atoms with E-state index >= 15 is 0 Å². The lowest BCUT2D eigenvalue weighted by Gasteiger charge is -2.21. The molecule has 152 valence electrons. The number of anilines is 1. The predicted octanol–water partition coefficient (Wildman–Crippen LogP) is 2.97. The number of aliphatic imine (C=N–C) groups is 1. The van der Waals surface area contributed by atoms with Crippen molar-refractivity contribution < 1.29 is 4.79 Å². The molecule has 0 saturated carbocycles. The molecule has 8 heteroatoms. The smallest absolute Gasteiger partial charge is 0.222 e. The largest absolute Gasteiger partial charge is 0.368 e. The van der Waals surface area contributed by atoms with Crippen molar-refractivity contribution in [2.24, 2.45) is 10.9 Å². The Morgan fingerprint density at radius 3 is 2.74 bits per heavy atom. The molecule has 0 aromatic heterocycles. The van der Waals surface area contributed by atoms with Gasteiger partial charge in [-0.25, -0.2) is 0 Å². The molecule has 0 bridgehead atoms. The summed E-state index contributed by atoms with van der Waals surface area (Å²) in [7, 11) is 0. The van der Waals surface area contributed by atoms with E-state index in [0.717, 1.165) is 36.5 Å². The van der Waals surface area contributed by atoms with Crippen LogP contribution >= 0.6 is 39.9 Å². The summed E-state index contributed by atoms with van der Waals surface area (Å²) < 4.78 is 1.13. The Kier molecular flexibility index (Phi) is 11.1. The number of benzene rings is 1. The second-order valence-corrected chi connectivity index (χ2v) is 7.59. The summed E-state index contributed by atoms with van der Waals surface area (Å²) in [5, 5.41) is 9.69. The third-order valence-electron chi connectivity index (χ3n) is 4.27. The lowest BCUT2D eigenvalue weighted by Crippen LogP contribution is -2.45. The molecule has 1 heterocycles. The molecular formula is C19H31BrIN5O. The zero-order valence-electron chi connectivity index (χ0n) is 16.3. The van der Waals surface area contributed by atoms with Crippen LogP contribution in [-0.2, 0) is 4.79 Å². The summed E-state index contributed by atoms with van der Waals surface area (Å²) in [6, 6.07) is 8.67. The average Bonchev–Trinajstić information content (AvgIpc) is 3.07. The summed E-state index contributed by atoms with van der Waals surface area (Å²) in [5.74, 6) is 0.885. The minimum absolute atomic E-state index is 0. The van der Waals surface area contributed by atoms with Crippen LogP contribution in [0.3, 0.4) is 0 Å². The number of amides is 1. The fraction of sp³-hybridized carbons (Fsp3) is 0.579. The van der Waals surface area contributed by atoms with Gasteiger partial charge in [0.25, 0.3) is 0 Å². The number of nitrogens with zero attached hydrogens (tertiary/aromatic N) is 2. The first-order valence-corrected chi connectivity index (χ1v) is 10.1. The number of rotatable bonds is 7. The highest BCUT2D eigenvalue weighted by molar-refractivity contribution is 14.0. The topological polar surface area (TPSA) is 68.8 Å². The highest BCUT2D eigenvalue weighted by Crippen LogP contribution is 2.28. The van der Waals surface area contributed by atoms with E-state index in [4.69, 9.17) is 0 Å². The van der Waals surface area contributed by atoms with Crippen molar-refractivity contribution >= 4 is 57.5 Å². The molecule has 0 spiro atoms. The SMILES string of the molecule is CCNC(=NCCNC(=O)C(C)C)NC1CCN(c2ccccc2Br)C1.I. The van der Waals surface area contributed by atoms with Gasteiger partial charge in [-0.1, -0.05) is 26.0 Å². The van der Waals surface area contributed by atoms with Gasteiger partial charge >= 0.3 is 0 Å². The first kappa shape index (κ1) is 24.0. The monoisotopic (exact) mass is 551 g/mol. The second kappa shape index (κ2) is 12.4. The molecule has 1 aliphatic rings. The van der Waals surface area contributed by atoms with Crippen LogP contribution in [0, 0.1) is 5.92 Å². The second-order valence-electron chi connectivity index (χ2n) is 6.73. The third-order valence-corrected chi connectivity index (χ3v) is 4.94. The molecule has 2 rings (SSSR count). The number of nitrogens with one attached hydrogen (secondary N) is 3. The molecule has 1 aliphatic heterocycles. The van der Waals surface area contributed by atoms with Gasteiger partial charge in [0, 0.05) is 42.6 Å². The van der Waals surface area contributed by atoms with Crippen molar-refractivity contribution in [1.29, 1.82) is 0 Å². The molecule has 1 saturated heterocycles. The van der Waals surface area contributed by atoms with E-state index in [0.29, 0.717) is 19.1 Å². The van der Waals surface area contributed by atoms with Gasteiger partial charge in [-0.15, -0.1) is 24.0 Å². The number of para-hydroxylation sites is 1. The van der Waals surface area contributed by atoms with Gasteiger partial charge < -0.3 is 20.9 Å². The normalized spacial score (nSPS) is 16.9. The Bertz CT molecular complexity index is 626. The van der Waals surface area contributed by atoms with E-state index < -0.39 is 0 Å². The van der Waals surface area contributed by atoms with E-state index in [-0.39, 0.29) is 35.8 Å². The fourth-order valence-electron chi connectivity index (χ4n) is 2.87. The van der Waals surface area contributed by atoms with Crippen LogP contribution in [0.4, 0.5) is 5.69 Å². The summed E-state index contributed by atoms with van der Waals surface area (Å²) in [6.07, 6.45) is 1.07. The molecule has 1 amide bonds. The lowest BCUT2D eigenvalue weighted by molar-refractivity contribution is -0.123. The van der Waals surface area contributed by atoms with E-state index in [1.165, 1.54) is 5.69 Å². The average molecular weight is 552 g/mol. The Hall–Kier alpha value is -1.03. The number of hydrogen-bond acceptors (Lipinski definition) is 3. The molecule has 1 aromatic rings. The maximum atomic E-state index is 11.6. The van der Waals surface area contributed by atoms with E-state index in [1.807, 2.05) is 19.9 Å². The molecule has 6 nitrogen and oxygen atoms in total. The Balaban J connectivity index is 0.00000364. The van der Waals surface area contributed by atoms with E-state index in [1.54, 1.807) is 0 Å². The molecule has 27 heavy (non-hydrogen) atoms. The maximum absolute atomic E-state index is 11.6. The summed E-state index contributed by atoms with van der Waals surface area (Å²) in [6.45, 7) is 9.73. The highest BCUT2D eigenvalue weighted by atomic mass is 127. The van der Waals surface area contributed by atoms with Crippen molar-refractivity contribution in [3.63, 3.8) is 0 Å². The van der Waals surface area contributed by atoms with Gasteiger partial charge in [0.15, 0.2) is 5.96 Å². The molecule has 3 N–H and O–H groups in total. The van der Waals surface area contributed by atoms with Crippen molar-refractivity contribution in [3.05, 3.63) is 28.7 Å². The number of halogens is 2. The first-order chi connectivity index (χ1) is 12.5. The number of hydrogen-bond donors (Lipinski definition) is 3. The third kappa shape index (κ3) is 7.85. The molecule has 1 unspecified atom stereocenters.